The summed E-state index contributed by atoms with van der Waals surface area (Å²) in [5, 5.41) is 13.6. The Hall–Kier alpha value is -1.91. The third-order valence-corrected chi connectivity index (χ3v) is 4.27. The van der Waals surface area contributed by atoms with E-state index in [0.29, 0.717) is 18.3 Å². The van der Waals surface area contributed by atoms with Crippen molar-refractivity contribution in [3.8, 4) is 0 Å². The number of hydrogen-bond acceptors (Lipinski definition) is 4. The molecule has 1 saturated carbocycles. The molecular formula is C19H24N2O2. The molecular weight excluding hydrogens is 288 g/mol. The zero-order chi connectivity index (χ0) is 15.9. The van der Waals surface area contributed by atoms with E-state index in [1.807, 2.05) is 42.5 Å². The normalized spacial score (nSPS) is 16.9. The van der Waals surface area contributed by atoms with Crippen LogP contribution < -0.4 is 5.32 Å². The number of nitrogens with one attached hydrogen (secondary N) is 1. The van der Waals surface area contributed by atoms with Gasteiger partial charge in [0.15, 0.2) is 6.29 Å². The standard InChI is InChI=1S/C19H24N2O2/c22-19(23-14-15-7-3-1-4-8-15)18-12-11-17(13-20-18)21-16-9-5-2-6-10-16/h1,3-4,7-8,11-13,16,19,21-22H,2,5-6,9-10,14H2. The molecule has 1 unspecified atom stereocenters. The van der Waals surface area contributed by atoms with E-state index in [4.69, 9.17) is 4.74 Å². The van der Waals surface area contributed by atoms with Crippen molar-refractivity contribution in [1.29, 1.82) is 0 Å². The number of anilines is 1. The summed E-state index contributed by atoms with van der Waals surface area (Å²) < 4.78 is 5.48. The summed E-state index contributed by atoms with van der Waals surface area (Å²) in [4.78, 5) is 4.32. The molecule has 122 valence electrons. The Bertz CT molecular complexity index is 580. The molecule has 0 radical (unpaired) electrons. The van der Waals surface area contributed by atoms with Crippen molar-refractivity contribution in [2.75, 3.05) is 5.32 Å². The summed E-state index contributed by atoms with van der Waals surface area (Å²) in [6.07, 6.45) is 7.18. The maximum absolute atomic E-state index is 10.1. The molecule has 1 aromatic heterocycles. The number of aliphatic hydroxyl groups excluding tert-OH is 1. The molecule has 1 fully saturated rings. The molecule has 1 aromatic carbocycles. The Morgan fingerprint density at radius 2 is 1.87 bits per heavy atom. The van der Waals surface area contributed by atoms with Gasteiger partial charge in [-0.2, -0.15) is 0 Å². The van der Waals surface area contributed by atoms with Crippen molar-refractivity contribution < 1.29 is 9.84 Å². The lowest BCUT2D eigenvalue weighted by Gasteiger charge is -2.23. The fraction of sp³-hybridized carbons (Fsp3) is 0.421. The van der Waals surface area contributed by atoms with Crippen LogP contribution in [0.3, 0.4) is 0 Å². The van der Waals surface area contributed by atoms with Gasteiger partial charge >= 0.3 is 0 Å². The molecule has 2 N–H and O–H groups in total. The van der Waals surface area contributed by atoms with Crippen LogP contribution in [-0.2, 0) is 11.3 Å². The third-order valence-electron chi connectivity index (χ3n) is 4.27. The molecule has 3 rings (SSSR count). The second-order valence-corrected chi connectivity index (χ2v) is 6.10. The van der Waals surface area contributed by atoms with Crippen LogP contribution in [0.25, 0.3) is 0 Å². The minimum Gasteiger partial charge on any atom is -0.381 e. The summed E-state index contributed by atoms with van der Waals surface area (Å²) in [5.74, 6) is 0. The fourth-order valence-electron chi connectivity index (χ4n) is 2.95. The maximum atomic E-state index is 10.1. The quantitative estimate of drug-likeness (QED) is 0.791. The van der Waals surface area contributed by atoms with Gasteiger partial charge in [0.05, 0.1) is 24.2 Å². The Morgan fingerprint density at radius 3 is 2.57 bits per heavy atom. The summed E-state index contributed by atoms with van der Waals surface area (Å²) in [6, 6.07) is 14.1. The molecule has 0 spiro atoms. The predicted octanol–water partition coefficient (Wildman–Crippen LogP) is 4.03. The Balaban J connectivity index is 1.51. The van der Waals surface area contributed by atoms with E-state index >= 15 is 0 Å². The van der Waals surface area contributed by atoms with Crippen molar-refractivity contribution in [3.05, 3.63) is 59.9 Å². The van der Waals surface area contributed by atoms with E-state index in [-0.39, 0.29) is 0 Å². The highest BCUT2D eigenvalue weighted by Crippen LogP contribution is 2.22. The number of benzene rings is 1. The van der Waals surface area contributed by atoms with Crippen LogP contribution in [0, 0.1) is 0 Å². The van der Waals surface area contributed by atoms with Crippen molar-refractivity contribution in [2.24, 2.45) is 0 Å². The van der Waals surface area contributed by atoms with Crippen LogP contribution in [0.5, 0.6) is 0 Å². The first-order chi connectivity index (χ1) is 11.3. The number of aliphatic hydroxyl groups is 1. The molecule has 0 saturated heterocycles. The van der Waals surface area contributed by atoms with Crippen molar-refractivity contribution in [3.63, 3.8) is 0 Å². The topological polar surface area (TPSA) is 54.4 Å². The minimum atomic E-state index is -1.00. The van der Waals surface area contributed by atoms with Crippen LogP contribution in [-0.4, -0.2) is 16.1 Å². The number of hydrogen-bond donors (Lipinski definition) is 2. The lowest BCUT2D eigenvalue weighted by molar-refractivity contribution is -0.114. The van der Waals surface area contributed by atoms with Gasteiger partial charge in [-0.1, -0.05) is 49.6 Å². The summed E-state index contributed by atoms with van der Waals surface area (Å²) >= 11 is 0. The SMILES string of the molecule is OC(OCc1ccccc1)c1ccc(NC2CCCCC2)cn1. The number of aromatic nitrogens is 1. The molecule has 0 bridgehead atoms. The molecule has 4 nitrogen and oxygen atoms in total. The van der Waals surface area contributed by atoms with Crippen LogP contribution in [0.15, 0.2) is 48.7 Å². The summed E-state index contributed by atoms with van der Waals surface area (Å²) in [6.45, 7) is 0.367. The molecule has 0 aliphatic heterocycles. The van der Waals surface area contributed by atoms with Crippen LogP contribution in [0.2, 0.25) is 0 Å². The van der Waals surface area contributed by atoms with Crippen molar-refractivity contribution in [1.82, 2.24) is 4.98 Å². The monoisotopic (exact) mass is 312 g/mol. The summed E-state index contributed by atoms with van der Waals surface area (Å²) in [5.41, 5.74) is 2.58. The van der Waals surface area contributed by atoms with E-state index in [2.05, 4.69) is 10.3 Å². The first-order valence-corrected chi connectivity index (χ1v) is 8.37. The predicted molar refractivity (Wildman–Crippen MR) is 90.9 cm³/mol. The van der Waals surface area contributed by atoms with Gasteiger partial charge in [-0.05, 0) is 30.5 Å². The van der Waals surface area contributed by atoms with E-state index < -0.39 is 6.29 Å². The third kappa shape index (κ3) is 4.78. The fourth-order valence-corrected chi connectivity index (χ4v) is 2.95. The second-order valence-electron chi connectivity index (χ2n) is 6.10. The minimum absolute atomic E-state index is 0.367. The van der Waals surface area contributed by atoms with Crippen LogP contribution in [0.4, 0.5) is 5.69 Å². The number of ether oxygens (including phenoxy) is 1. The molecule has 1 aliphatic carbocycles. The van der Waals surface area contributed by atoms with Gasteiger partial charge in [-0.25, -0.2) is 0 Å². The zero-order valence-corrected chi connectivity index (χ0v) is 13.3. The van der Waals surface area contributed by atoms with E-state index in [1.54, 1.807) is 6.20 Å². The highest BCUT2D eigenvalue weighted by Gasteiger charge is 2.14. The molecule has 4 heteroatoms. The van der Waals surface area contributed by atoms with Gasteiger partial charge < -0.3 is 15.2 Å². The Kier molecular flexibility index (Phi) is 5.61. The summed E-state index contributed by atoms with van der Waals surface area (Å²) in [7, 11) is 0. The average Bonchev–Trinajstić information content (AvgIpc) is 2.62. The number of rotatable bonds is 6. The van der Waals surface area contributed by atoms with Gasteiger partial charge in [0.2, 0.25) is 0 Å². The van der Waals surface area contributed by atoms with Gasteiger partial charge in [0, 0.05) is 6.04 Å². The smallest absolute Gasteiger partial charge is 0.198 e. The maximum Gasteiger partial charge on any atom is 0.198 e. The van der Waals surface area contributed by atoms with Crippen LogP contribution >= 0.6 is 0 Å². The Morgan fingerprint density at radius 1 is 1.09 bits per heavy atom. The molecule has 1 aliphatic rings. The van der Waals surface area contributed by atoms with Gasteiger partial charge in [-0.3, -0.25) is 4.98 Å². The Labute approximate surface area is 137 Å². The van der Waals surface area contributed by atoms with Gasteiger partial charge in [0.1, 0.15) is 0 Å². The first-order valence-electron chi connectivity index (χ1n) is 8.37. The highest BCUT2D eigenvalue weighted by molar-refractivity contribution is 5.42. The zero-order valence-electron chi connectivity index (χ0n) is 13.3. The molecule has 23 heavy (non-hydrogen) atoms. The van der Waals surface area contributed by atoms with E-state index in [0.717, 1.165) is 11.3 Å². The van der Waals surface area contributed by atoms with Crippen LogP contribution in [0.1, 0.15) is 49.7 Å². The first kappa shape index (κ1) is 16.0. The van der Waals surface area contributed by atoms with E-state index in [1.165, 1.54) is 32.1 Å². The molecule has 1 atom stereocenters. The molecule has 2 aromatic rings. The molecule has 0 amide bonds. The highest BCUT2D eigenvalue weighted by atomic mass is 16.6. The molecule has 1 heterocycles. The average molecular weight is 312 g/mol. The van der Waals surface area contributed by atoms with Crippen molar-refractivity contribution >= 4 is 5.69 Å². The van der Waals surface area contributed by atoms with Crippen molar-refractivity contribution in [2.45, 2.75) is 51.0 Å². The second kappa shape index (κ2) is 8.09. The number of pyridine rings is 1. The largest absolute Gasteiger partial charge is 0.381 e. The van der Waals surface area contributed by atoms with E-state index in [9.17, 15) is 5.11 Å². The van der Waals surface area contributed by atoms with Gasteiger partial charge in [0.25, 0.3) is 0 Å². The lowest BCUT2D eigenvalue weighted by atomic mass is 9.95. The lowest BCUT2D eigenvalue weighted by Crippen LogP contribution is -2.22. The number of nitrogens with zero attached hydrogens (tertiary/aromatic N) is 1. The van der Waals surface area contributed by atoms with Gasteiger partial charge in [-0.15, -0.1) is 0 Å².